The smallest absolute Gasteiger partial charge is 0.270 e. The highest BCUT2D eigenvalue weighted by Crippen LogP contribution is 2.30. The number of nitrogens with one attached hydrogen (secondary N) is 1. The molecule has 0 saturated carbocycles. The maximum atomic E-state index is 12.8. The normalized spacial score (nSPS) is 9.94. The number of methoxy groups -OCH3 is 1. The third kappa shape index (κ3) is 5.48. The van der Waals surface area contributed by atoms with Crippen molar-refractivity contribution in [1.82, 2.24) is 0 Å². The molecule has 9 nitrogen and oxygen atoms in total. The SMILES string of the molecule is COc1ccc(Oc2ccc([N+](=O)[O-])cc2C(=O)Nc2ccc(OCC#N)cc2)cc1. The largest absolute Gasteiger partial charge is 0.497 e. The molecule has 0 saturated heterocycles. The van der Waals surface area contributed by atoms with Crippen LogP contribution in [0, 0.1) is 21.4 Å². The van der Waals surface area contributed by atoms with E-state index in [1.165, 1.54) is 19.2 Å². The Morgan fingerprint density at radius 1 is 1.03 bits per heavy atom. The van der Waals surface area contributed by atoms with Crippen LogP contribution in [0.4, 0.5) is 11.4 Å². The highest BCUT2D eigenvalue weighted by molar-refractivity contribution is 6.06. The van der Waals surface area contributed by atoms with E-state index < -0.39 is 10.8 Å². The molecule has 0 aliphatic heterocycles. The minimum atomic E-state index is -0.588. The average molecular weight is 419 g/mol. The van der Waals surface area contributed by atoms with Gasteiger partial charge in [0.2, 0.25) is 0 Å². The van der Waals surface area contributed by atoms with Gasteiger partial charge in [0.1, 0.15) is 29.1 Å². The number of carbonyl (C=O) groups is 1. The van der Waals surface area contributed by atoms with Gasteiger partial charge in [0, 0.05) is 17.8 Å². The van der Waals surface area contributed by atoms with Crippen LogP contribution in [0.3, 0.4) is 0 Å². The van der Waals surface area contributed by atoms with Crippen molar-refractivity contribution in [3.8, 4) is 29.1 Å². The highest BCUT2D eigenvalue weighted by atomic mass is 16.6. The summed E-state index contributed by atoms with van der Waals surface area (Å²) in [5.74, 6) is 1.11. The zero-order chi connectivity index (χ0) is 22.2. The van der Waals surface area contributed by atoms with Crippen LogP contribution >= 0.6 is 0 Å². The molecule has 1 amide bonds. The molecule has 0 unspecified atom stereocenters. The van der Waals surface area contributed by atoms with Gasteiger partial charge in [-0.05, 0) is 54.6 Å². The molecule has 9 heteroatoms. The van der Waals surface area contributed by atoms with Crippen molar-refractivity contribution in [2.75, 3.05) is 19.0 Å². The summed E-state index contributed by atoms with van der Waals surface area (Å²) in [5.41, 5.74) is 0.193. The van der Waals surface area contributed by atoms with Gasteiger partial charge in [0.05, 0.1) is 17.6 Å². The molecular formula is C22H17N3O6. The Balaban J connectivity index is 1.84. The fourth-order valence-corrected chi connectivity index (χ4v) is 2.62. The Kier molecular flexibility index (Phi) is 6.65. The van der Waals surface area contributed by atoms with Crippen LogP contribution in [0.25, 0.3) is 0 Å². The van der Waals surface area contributed by atoms with Crippen LogP contribution in [0.5, 0.6) is 23.0 Å². The van der Waals surface area contributed by atoms with Gasteiger partial charge in [-0.2, -0.15) is 5.26 Å². The van der Waals surface area contributed by atoms with Crippen LogP contribution in [-0.4, -0.2) is 24.5 Å². The lowest BCUT2D eigenvalue weighted by Crippen LogP contribution is -2.13. The van der Waals surface area contributed by atoms with E-state index in [0.717, 1.165) is 6.07 Å². The summed E-state index contributed by atoms with van der Waals surface area (Å²) in [5, 5.41) is 22.4. The van der Waals surface area contributed by atoms with E-state index in [9.17, 15) is 14.9 Å². The number of amides is 1. The van der Waals surface area contributed by atoms with Crippen molar-refractivity contribution in [2.24, 2.45) is 0 Å². The van der Waals surface area contributed by atoms with E-state index in [0.29, 0.717) is 22.9 Å². The van der Waals surface area contributed by atoms with Gasteiger partial charge in [-0.25, -0.2) is 0 Å². The lowest BCUT2D eigenvalue weighted by atomic mass is 10.1. The number of nitro benzene ring substituents is 1. The van der Waals surface area contributed by atoms with Crippen LogP contribution in [0.2, 0.25) is 0 Å². The van der Waals surface area contributed by atoms with Crippen LogP contribution in [0.15, 0.2) is 66.7 Å². The third-order valence-corrected chi connectivity index (χ3v) is 4.12. The number of ether oxygens (including phenoxy) is 3. The molecule has 3 aromatic carbocycles. The van der Waals surface area contributed by atoms with Crippen LogP contribution < -0.4 is 19.5 Å². The summed E-state index contributed by atoms with van der Waals surface area (Å²) in [6.07, 6.45) is 0. The fraction of sp³-hybridized carbons (Fsp3) is 0.0909. The van der Waals surface area contributed by atoms with Crippen molar-refractivity contribution in [3.05, 3.63) is 82.4 Å². The summed E-state index contributed by atoms with van der Waals surface area (Å²) in [4.78, 5) is 23.4. The standard InChI is InChI=1S/C22H17N3O6/c1-29-17-7-9-19(10-8-17)31-21-11-4-16(25(27)28)14-20(21)22(26)24-15-2-5-18(6-3-15)30-13-12-23/h2-11,14H,13H2,1H3,(H,24,26). The zero-order valence-corrected chi connectivity index (χ0v) is 16.4. The first-order chi connectivity index (χ1) is 15.0. The van der Waals surface area contributed by atoms with Gasteiger partial charge >= 0.3 is 0 Å². The Hall–Kier alpha value is -4.58. The zero-order valence-electron chi connectivity index (χ0n) is 16.4. The molecule has 0 heterocycles. The minimum Gasteiger partial charge on any atom is -0.497 e. The summed E-state index contributed by atoms with van der Waals surface area (Å²) < 4.78 is 16.0. The molecule has 0 aromatic heterocycles. The van der Waals surface area contributed by atoms with Gasteiger partial charge in [-0.15, -0.1) is 0 Å². The number of hydrogen-bond acceptors (Lipinski definition) is 7. The second-order valence-corrected chi connectivity index (χ2v) is 6.14. The molecule has 3 rings (SSSR count). The van der Waals surface area contributed by atoms with E-state index in [1.54, 1.807) is 48.5 Å². The maximum absolute atomic E-state index is 12.8. The number of nitro groups is 1. The van der Waals surface area contributed by atoms with Crippen molar-refractivity contribution >= 4 is 17.3 Å². The lowest BCUT2D eigenvalue weighted by Gasteiger charge is -2.12. The first-order valence-corrected chi connectivity index (χ1v) is 9.01. The van der Waals surface area contributed by atoms with Crippen molar-refractivity contribution < 1.29 is 23.9 Å². The maximum Gasteiger partial charge on any atom is 0.270 e. The number of hydrogen-bond donors (Lipinski definition) is 1. The van der Waals surface area contributed by atoms with Gasteiger partial charge in [-0.1, -0.05) is 0 Å². The molecule has 0 radical (unpaired) electrons. The Morgan fingerprint density at radius 2 is 1.68 bits per heavy atom. The minimum absolute atomic E-state index is 0.00479. The monoisotopic (exact) mass is 419 g/mol. The summed E-state index contributed by atoms with van der Waals surface area (Å²) in [6.45, 7) is -0.0918. The first-order valence-electron chi connectivity index (χ1n) is 9.01. The van der Waals surface area contributed by atoms with Crippen LogP contribution in [0.1, 0.15) is 10.4 Å². The number of anilines is 1. The summed E-state index contributed by atoms with van der Waals surface area (Å²) in [6, 6.07) is 18.7. The second kappa shape index (κ2) is 9.76. The fourth-order valence-electron chi connectivity index (χ4n) is 2.62. The molecule has 0 fully saturated rings. The third-order valence-electron chi connectivity index (χ3n) is 4.12. The van der Waals surface area contributed by atoms with E-state index in [1.807, 2.05) is 6.07 Å². The number of nitriles is 1. The number of non-ortho nitro benzene ring substituents is 1. The molecule has 1 N–H and O–H groups in total. The number of benzene rings is 3. The van der Waals surface area contributed by atoms with Gasteiger partial charge in [0.25, 0.3) is 11.6 Å². The predicted molar refractivity (Wildman–Crippen MR) is 112 cm³/mol. The quantitative estimate of drug-likeness (QED) is 0.419. The molecule has 31 heavy (non-hydrogen) atoms. The lowest BCUT2D eigenvalue weighted by molar-refractivity contribution is -0.384. The second-order valence-electron chi connectivity index (χ2n) is 6.14. The van der Waals surface area contributed by atoms with Crippen molar-refractivity contribution in [2.45, 2.75) is 0 Å². The molecular weight excluding hydrogens is 402 g/mol. The number of nitrogens with zero attached hydrogens (tertiary/aromatic N) is 2. The molecule has 156 valence electrons. The van der Waals surface area contributed by atoms with E-state index in [-0.39, 0.29) is 23.6 Å². The molecule has 0 aliphatic carbocycles. The molecule has 0 spiro atoms. The molecule has 0 atom stereocenters. The summed E-state index contributed by atoms with van der Waals surface area (Å²) in [7, 11) is 1.54. The first kappa shape index (κ1) is 21.1. The van der Waals surface area contributed by atoms with E-state index in [2.05, 4.69) is 5.32 Å². The molecule has 0 aliphatic rings. The Bertz CT molecular complexity index is 1120. The molecule has 3 aromatic rings. The van der Waals surface area contributed by atoms with Crippen molar-refractivity contribution in [1.29, 1.82) is 5.26 Å². The van der Waals surface area contributed by atoms with Crippen LogP contribution in [-0.2, 0) is 0 Å². The number of rotatable bonds is 8. The topological polar surface area (TPSA) is 124 Å². The Labute approximate surface area is 177 Å². The summed E-state index contributed by atoms with van der Waals surface area (Å²) >= 11 is 0. The van der Waals surface area contributed by atoms with Gasteiger partial charge in [0.15, 0.2) is 6.61 Å². The van der Waals surface area contributed by atoms with E-state index >= 15 is 0 Å². The number of carbonyl (C=O) groups excluding carboxylic acids is 1. The Morgan fingerprint density at radius 3 is 2.29 bits per heavy atom. The van der Waals surface area contributed by atoms with Gasteiger partial charge < -0.3 is 19.5 Å². The predicted octanol–water partition coefficient (Wildman–Crippen LogP) is 4.55. The highest BCUT2D eigenvalue weighted by Gasteiger charge is 2.19. The average Bonchev–Trinajstić information content (AvgIpc) is 2.79. The van der Waals surface area contributed by atoms with Crippen molar-refractivity contribution in [3.63, 3.8) is 0 Å². The van der Waals surface area contributed by atoms with E-state index in [4.69, 9.17) is 19.5 Å². The molecule has 0 bridgehead atoms. The van der Waals surface area contributed by atoms with Gasteiger partial charge in [-0.3, -0.25) is 14.9 Å².